The van der Waals surface area contributed by atoms with E-state index in [1.807, 2.05) is 0 Å². The number of nitrogens with zero attached hydrogens (tertiary/aromatic N) is 1. The lowest BCUT2D eigenvalue weighted by Gasteiger charge is -2.09. The number of sulfonamides is 1. The molecule has 0 amide bonds. The minimum atomic E-state index is -4.64. The van der Waals surface area contributed by atoms with Crippen LogP contribution >= 0.6 is 0 Å². The van der Waals surface area contributed by atoms with E-state index >= 15 is 0 Å². The first-order valence-corrected chi connectivity index (χ1v) is 6.84. The van der Waals surface area contributed by atoms with Gasteiger partial charge in [0.05, 0.1) is 6.61 Å². The molecule has 0 saturated carbocycles. The zero-order valence-corrected chi connectivity index (χ0v) is 10.9. The SMILES string of the molecule is O=S(=O)(NCC(F)(F)F)c1cncc(C#CCCO)c1. The molecule has 0 aliphatic carbocycles. The molecule has 2 N–H and O–H groups in total. The Labute approximate surface area is 113 Å². The van der Waals surface area contributed by atoms with E-state index in [4.69, 9.17) is 5.11 Å². The minimum absolute atomic E-state index is 0.147. The summed E-state index contributed by atoms with van der Waals surface area (Å²) in [5.41, 5.74) is 0.230. The predicted octanol–water partition coefficient (Wildman–Crippen LogP) is 0.656. The second-order valence-electron chi connectivity index (χ2n) is 3.62. The zero-order valence-electron chi connectivity index (χ0n) is 10.1. The van der Waals surface area contributed by atoms with Crippen LogP contribution in [0.4, 0.5) is 13.2 Å². The summed E-state index contributed by atoms with van der Waals surface area (Å²) < 4.78 is 60.7. The van der Waals surface area contributed by atoms with Gasteiger partial charge in [-0.2, -0.15) is 13.2 Å². The van der Waals surface area contributed by atoms with Gasteiger partial charge in [-0.05, 0) is 6.07 Å². The minimum Gasteiger partial charge on any atom is -0.395 e. The van der Waals surface area contributed by atoms with E-state index in [-0.39, 0.29) is 18.6 Å². The van der Waals surface area contributed by atoms with Gasteiger partial charge in [0.15, 0.2) is 0 Å². The van der Waals surface area contributed by atoms with Crippen molar-refractivity contribution in [3.8, 4) is 11.8 Å². The highest BCUT2D eigenvalue weighted by Crippen LogP contribution is 2.15. The van der Waals surface area contributed by atoms with Crippen LogP contribution in [-0.4, -0.2) is 37.8 Å². The average molecular weight is 308 g/mol. The van der Waals surface area contributed by atoms with Gasteiger partial charge >= 0.3 is 6.18 Å². The zero-order chi connectivity index (χ0) is 15.2. The summed E-state index contributed by atoms with van der Waals surface area (Å²) >= 11 is 0. The maximum absolute atomic E-state index is 12.0. The molecule has 1 heterocycles. The summed E-state index contributed by atoms with van der Waals surface area (Å²) in [6.45, 7) is -1.80. The lowest BCUT2D eigenvalue weighted by Crippen LogP contribution is -2.33. The van der Waals surface area contributed by atoms with Crippen molar-refractivity contribution in [3.63, 3.8) is 0 Å². The standard InChI is InChI=1S/C11H11F3N2O3S/c12-11(13,14)8-16-20(18,19)10-5-9(6-15-7-10)3-1-2-4-17/h5-7,16-17H,2,4,8H2. The molecule has 1 aromatic rings. The number of aromatic nitrogens is 1. The Morgan fingerprint density at radius 1 is 1.35 bits per heavy atom. The highest BCUT2D eigenvalue weighted by molar-refractivity contribution is 7.89. The Bertz CT molecular complexity index is 618. The molecule has 110 valence electrons. The molecule has 0 aliphatic rings. The van der Waals surface area contributed by atoms with Crippen LogP contribution < -0.4 is 4.72 Å². The number of alkyl halides is 3. The Morgan fingerprint density at radius 2 is 2.05 bits per heavy atom. The van der Waals surface area contributed by atoms with Gasteiger partial charge in [-0.15, -0.1) is 0 Å². The number of nitrogens with one attached hydrogen (secondary N) is 1. The van der Waals surface area contributed by atoms with E-state index < -0.39 is 27.6 Å². The van der Waals surface area contributed by atoms with Crippen LogP contribution in [0.5, 0.6) is 0 Å². The second-order valence-corrected chi connectivity index (χ2v) is 5.39. The number of hydrogen-bond donors (Lipinski definition) is 2. The van der Waals surface area contributed by atoms with Crippen molar-refractivity contribution in [2.75, 3.05) is 13.2 Å². The molecule has 1 rings (SSSR count). The maximum Gasteiger partial charge on any atom is 0.402 e. The second kappa shape index (κ2) is 6.69. The smallest absolute Gasteiger partial charge is 0.395 e. The van der Waals surface area contributed by atoms with Crippen LogP contribution in [-0.2, 0) is 10.0 Å². The fourth-order valence-corrected chi connectivity index (χ4v) is 2.12. The molecule has 1 aromatic heterocycles. The van der Waals surface area contributed by atoms with Gasteiger partial charge in [-0.1, -0.05) is 11.8 Å². The fraction of sp³-hybridized carbons (Fsp3) is 0.364. The number of rotatable bonds is 4. The van der Waals surface area contributed by atoms with Gasteiger partial charge in [0, 0.05) is 24.4 Å². The molecule has 0 bridgehead atoms. The van der Waals surface area contributed by atoms with Gasteiger partial charge in [-0.25, -0.2) is 13.1 Å². The van der Waals surface area contributed by atoms with Crippen molar-refractivity contribution < 1.29 is 26.7 Å². The third kappa shape index (κ3) is 5.56. The molecule has 0 aliphatic heterocycles. The highest BCUT2D eigenvalue weighted by Gasteiger charge is 2.30. The first kappa shape index (κ1) is 16.4. The number of aliphatic hydroxyl groups is 1. The van der Waals surface area contributed by atoms with Crippen LogP contribution in [0.2, 0.25) is 0 Å². The van der Waals surface area contributed by atoms with E-state index in [9.17, 15) is 21.6 Å². The Hall–Kier alpha value is -1.63. The van der Waals surface area contributed by atoms with E-state index in [0.717, 1.165) is 12.3 Å². The van der Waals surface area contributed by atoms with Crippen LogP contribution in [0, 0.1) is 11.8 Å². The number of hydrogen-bond acceptors (Lipinski definition) is 4. The van der Waals surface area contributed by atoms with Crippen molar-refractivity contribution in [2.24, 2.45) is 0 Å². The maximum atomic E-state index is 12.0. The molecule has 0 radical (unpaired) electrons. The van der Waals surface area contributed by atoms with Gasteiger partial charge < -0.3 is 5.11 Å². The molecule has 0 aromatic carbocycles. The third-order valence-corrected chi connectivity index (χ3v) is 3.32. The van der Waals surface area contributed by atoms with E-state index in [1.54, 1.807) is 0 Å². The van der Waals surface area contributed by atoms with E-state index in [2.05, 4.69) is 16.8 Å². The van der Waals surface area contributed by atoms with Gasteiger partial charge in [0.1, 0.15) is 11.4 Å². The Morgan fingerprint density at radius 3 is 2.65 bits per heavy atom. The van der Waals surface area contributed by atoms with E-state index in [0.29, 0.717) is 0 Å². The molecule has 0 saturated heterocycles. The first-order chi connectivity index (χ1) is 9.24. The largest absolute Gasteiger partial charge is 0.402 e. The van der Waals surface area contributed by atoms with Gasteiger partial charge in [-0.3, -0.25) is 4.98 Å². The highest BCUT2D eigenvalue weighted by atomic mass is 32.2. The normalized spacial score (nSPS) is 11.8. The number of halogens is 3. The van der Waals surface area contributed by atoms with E-state index in [1.165, 1.54) is 10.9 Å². The van der Waals surface area contributed by atoms with Crippen LogP contribution in [0.15, 0.2) is 23.4 Å². The van der Waals surface area contributed by atoms with Crippen LogP contribution in [0.25, 0.3) is 0 Å². The summed E-state index contributed by atoms with van der Waals surface area (Å²) in [5, 5.41) is 8.54. The Balaban J connectivity index is 2.91. The molecule has 0 fully saturated rings. The first-order valence-electron chi connectivity index (χ1n) is 5.36. The summed E-state index contributed by atoms with van der Waals surface area (Å²) in [6, 6.07) is 1.11. The summed E-state index contributed by atoms with van der Waals surface area (Å²) in [5.74, 6) is 5.09. The molecule has 20 heavy (non-hydrogen) atoms. The van der Waals surface area contributed by atoms with Crippen molar-refractivity contribution in [1.82, 2.24) is 9.71 Å². The average Bonchev–Trinajstić information content (AvgIpc) is 2.37. The quantitative estimate of drug-likeness (QED) is 0.801. The van der Waals surface area contributed by atoms with Crippen molar-refractivity contribution in [1.29, 1.82) is 0 Å². The monoisotopic (exact) mass is 308 g/mol. The molecule has 9 heteroatoms. The molecular weight excluding hydrogens is 297 g/mol. The number of aliphatic hydroxyl groups excluding tert-OH is 1. The molecule has 5 nitrogen and oxygen atoms in total. The fourth-order valence-electron chi connectivity index (χ4n) is 1.11. The lowest BCUT2D eigenvalue weighted by atomic mass is 10.3. The summed E-state index contributed by atoms with van der Waals surface area (Å²) in [4.78, 5) is 3.20. The Kier molecular flexibility index (Phi) is 5.50. The van der Waals surface area contributed by atoms with Crippen LogP contribution in [0.1, 0.15) is 12.0 Å². The summed E-state index contributed by atoms with van der Waals surface area (Å²) in [6.07, 6.45) is -2.24. The topological polar surface area (TPSA) is 79.3 Å². The molecule has 0 unspecified atom stereocenters. The van der Waals surface area contributed by atoms with Gasteiger partial charge in [0.25, 0.3) is 0 Å². The lowest BCUT2D eigenvalue weighted by molar-refractivity contribution is -0.121. The predicted molar refractivity (Wildman–Crippen MR) is 64.1 cm³/mol. The molecular formula is C11H11F3N2O3S. The summed E-state index contributed by atoms with van der Waals surface area (Å²) in [7, 11) is -4.30. The van der Waals surface area contributed by atoms with Crippen molar-refractivity contribution in [2.45, 2.75) is 17.5 Å². The van der Waals surface area contributed by atoms with Crippen molar-refractivity contribution in [3.05, 3.63) is 24.0 Å². The van der Waals surface area contributed by atoms with Gasteiger partial charge in [0.2, 0.25) is 10.0 Å². The van der Waals surface area contributed by atoms with Crippen molar-refractivity contribution >= 4 is 10.0 Å². The number of pyridine rings is 1. The molecule has 0 atom stereocenters. The molecule has 0 spiro atoms. The van der Waals surface area contributed by atoms with Crippen LogP contribution in [0.3, 0.4) is 0 Å². The third-order valence-electron chi connectivity index (χ3n) is 1.96.